The Balaban J connectivity index is 1.69. The third kappa shape index (κ3) is 4.89. The smallest absolute Gasteiger partial charge is 0.262 e. The van der Waals surface area contributed by atoms with Crippen molar-refractivity contribution in [3.8, 4) is 11.5 Å². The Kier molecular flexibility index (Phi) is 5.82. The van der Waals surface area contributed by atoms with Gasteiger partial charge in [-0.05, 0) is 48.6 Å². The summed E-state index contributed by atoms with van der Waals surface area (Å²) in [6, 6.07) is 11.3. The minimum absolute atomic E-state index is 0.101. The lowest BCUT2D eigenvalue weighted by molar-refractivity contribution is 0.171. The van der Waals surface area contributed by atoms with E-state index in [1.165, 1.54) is 12.1 Å². The Morgan fingerprint density at radius 1 is 1.07 bits per heavy atom. The number of hydrogen-bond donors (Lipinski definition) is 3. The molecule has 7 nitrogen and oxygen atoms in total. The van der Waals surface area contributed by atoms with Crippen molar-refractivity contribution < 1.29 is 17.9 Å². The van der Waals surface area contributed by atoms with Crippen molar-refractivity contribution in [2.24, 2.45) is 0 Å². The maximum absolute atomic E-state index is 12.6. The molecular weight excluding hydrogens is 386 g/mol. The van der Waals surface area contributed by atoms with Gasteiger partial charge in [-0.15, -0.1) is 6.58 Å². The molecule has 0 amide bonds. The quantitative estimate of drug-likeness (QED) is 0.503. The van der Waals surface area contributed by atoms with Crippen molar-refractivity contribution in [3.05, 3.63) is 55.1 Å². The second-order valence-corrected chi connectivity index (χ2v) is 7.70. The molecule has 0 fully saturated rings. The molecule has 0 radical (unpaired) electrons. The zero-order valence-electron chi connectivity index (χ0n) is 14.4. The molecule has 0 atom stereocenters. The average Bonchev–Trinajstić information content (AvgIpc) is 2.67. The molecule has 1 heterocycles. The van der Waals surface area contributed by atoms with Gasteiger partial charge in [-0.2, -0.15) is 0 Å². The van der Waals surface area contributed by atoms with Crippen LogP contribution in [-0.2, 0) is 10.0 Å². The minimum atomic E-state index is -3.75. The van der Waals surface area contributed by atoms with Gasteiger partial charge in [-0.3, -0.25) is 4.72 Å². The fourth-order valence-electron chi connectivity index (χ4n) is 2.37. The van der Waals surface area contributed by atoms with E-state index < -0.39 is 10.0 Å². The molecule has 0 saturated heterocycles. The Labute approximate surface area is 163 Å². The molecule has 9 heteroatoms. The molecule has 0 bridgehead atoms. The van der Waals surface area contributed by atoms with E-state index in [0.29, 0.717) is 42.1 Å². The van der Waals surface area contributed by atoms with Gasteiger partial charge < -0.3 is 20.1 Å². The third-order valence-corrected chi connectivity index (χ3v) is 5.25. The number of rotatable bonds is 6. The van der Waals surface area contributed by atoms with Gasteiger partial charge in [0.1, 0.15) is 13.2 Å². The summed E-state index contributed by atoms with van der Waals surface area (Å²) in [6.45, 7) is 5.00. The van der Waals surface area contributed by atoms with Gasteiger partial charge in [0, 0.05) is 24.0 Å². The van der Waals surface area contributed by atoms with Crippen LogP contribution in [0.25, 0.3) is 0 Å². The number of sulfonamides is 1. The normalized spacial score (nSPS) is 12.7. The van der Waals surface area contributed by atoms with E-state index in [2.05, 4.69) is 21.9 Å². The van der Waals surface area contributed by atoms with Gasteiger partial charge in [0.2, 0.25) is 0 Å². The van der Waals surface area contributed by atoms with E-state index >= 15 is 0 Å². The van der Waals surface area contributed by atoms with Crippen molar-refractivity contribution >= 4 is 38.7 Å². The fraction of sp³-hybridized carbons (Fsp3) is 0.167. The second-order valence-electron chi connectivity index (χ2n) is 5.61. The van der Waals surface area contributed by atoms with Crippen LogP contribution < -0.4 is 24.8 Å². The zero-order chi connectivity index (χ0) is 19.3. The van der Waals surface area contributed by atoms with E-state index in [4.69, 9.17) is 21.7 Å². The van der Waals surface area contributed by atoms with Crippen LogP contribution >= 0.6 is 12.2 Å². The van der Waals surface area contributed by atoms with E-state index in [0.717, 1.165) is 5.69 Å². The lowest BCUT2D eigenvalue weighted by Crippen LogP contribution is -2.28. The summed E-state index contributed by atoms with van der Waals surface area (Å²) >= 11 is 5.13. The lowest BCUT2D eigenvalue weighted by atomic mass is 10.3. The highest BCUT2D eigenvalue weighted by Crippen LogP contribution is 2.32. The SMILES string of the molecule is C=CCNC(=S)Nc1ccc(NS(=O)(=O)c2ccc3c(c2)OCCO3)cc1. The van der Waals surface area contributed by atoms with Crippen LogP contribution in [0.1, 0.15) is 0 Å². The first-order valence-electron chi connectivity index (χ1n) is 8.16. The van der Waals surface area contributed by atoms with Crippen molar-refractivity contribution in [2.45, 2.75) is 4.90 Å². The Hall–Kier alpha value is -2.78. The number of benzene rings is 2. The van der Waals surface area contributed by atoms with Crippen LogP contribution in [0.4, 0.5) is 11.4 Å². The molecule has 1 aliphatic heterocycles. The van der Waals surface area contributed by atoms with Crippen LogP contribution in [0, 0.1) is 0 Å². The molecular formula is C18H19N3O4S2. The first kappa shape index (κ1) is 19.0. The van der Waals surface area contributed by atoms with Crippen LogP contribution in [0.3, 0.4) is 0 Å². The number of ether oxygens (including phenoxy) is 2. The molecule has 2 aromatic rings. The van der Waals surface area contributed by atoms with Gasteiger partial charge >= 0.3 is 0 Å². The first-order valence-corrected chi connectivity index (χ1v) is 10.1. The summed E-state index contributed by atoms with van der Waals surface area (Å²) in [6.07, 6.45) is 1.70. The van der Waals surface area contributed by atoms with Crippen LogP contribution in [0.2, 0.25) is 0 Å². The summed E-state index contributed by atoms with van der Waals surface area (Å²) in [5, 5.41) is 6.40. The number of fused-ring (bicyclic) bond motifs is 1. The van der Waals surface area contributed by atoms with Crippen molar-refractivity contribution in [2.75, 3.05) is 29.8 Å². The molecule has 0 aliphatic carbocycles. The minimum Gasteiger partial charge on any atom is -0.486 e. The topological polar surface area (TPSA) is 88.7 Å². The molecule has 0 aromatic heterocycles. The van der Waals surface area contributed by atoms with Gasteiger partial charge in [0.05, 0.1) is 4.90 Å². The van der Waals surface area contributed by atoms with Crippen LogP contribution in [-0.4, -0.2) is 33.3 Å². The van der Waals surface area contributed by atoms with Crippen molar-refractivity contribution in [3.63, 3.8) is 0 Å². The third-order valence-electron chi connectivity index (χ3n) is 3.63. The molecule has 3 N–H and O–H groups in total. The van der Waals surface area contributed by atoms with E-state index in [-0.39, 0.29) is 4.90 Å². The average molecular weight is 406 g/mol. The van der Waals surface area contributed by atoms with Gasteiger partial charge in [0.25, 0.3) is 10.0 Å². The number of nitrogens with one attached hydrogen (secondary N) is 3. The Morgan fingerprint density at radius 2 is 1.74 bits per heavy atom. The highest BCUT2D eigenvalue weighted by Gasteiger charge is 2.19. The first-order chi connectivity index (χ1) is 13.0. The fourth-order valence-corrected chi connectivity index (χ4v) is 3.64. The summed E-state index contributed by atoms with van der Waals surface area (Å²) in [5.41, 5.74) is 1.17. The Bertz CT molecular complexity index is 944. The molecule has 142 valence electrons. The Morgan fingerprint density at radius 3 is 2.44 bits per heavy atom. The number of thiocarbonyl (C=S) groups is 1. The molecule has 3 rings (SSSR count). The van der Waals surface area contributed by atoms with Gasteiger partial charge in [-0.1, -0.05) is 6.08 Å². The summed E-state index contributed by atoms with van der Waals surface area (Å²) in [5.74, 6) is 0.959. The van der Waals surface area contributed by atoms with Crippen molar-refractivity contribution in [1.82, 2.24) is 5.32 Å². The highest BCUT2D eigenvalue weighted by molar-refractivity contribution is 7.92. The summed E-state index contributed by atoms with van der Waals surface area (Å²) < 4.78 is 38.6. The number of anilines is 2. The molecule has 1 aliphatic rings. The van der Waals surface area contributed by atoms with E-state index in [9.17, 15) is 8.42 Å². The largest absolute Gasteiger partial charge is 0.486 e. The van der Waals surface area contributed by atoms with Crippen LogP contribution in [0.5, 0.6) is 11.5 Å². The standard InChI is InChI=1S/C18H19N3O4S2/c1-2-9-19-18(26)20-13-3-5-14(6-4-13)21-27(22,23)15-7-8-16-17(12-15)25-11-10-24-16/h2-8,12,21H,1,9-11H2,(H2,19,20,26). The predicted molar refractivity (Wildman–Crippen MR) is 109 cm³/mol. The maximum Gasteiger partial charge on any atom is 0.262 e. The number of hydrogen-bond acceptors (Lipinski definition) is 5. The molecule has 2 aromatic carbocycles. The van der Waals surface area contributed by atoms with Crippen LogP contribution in [0.15, 0.2) is 60.0 Å². The highest BCUT2D eigenvalue weighted by atomic mass is 32.2. The molecule has 27 heavy (non-hydrogen) atoms. The lowest BCUT2D eigenvalue weighted by Gasteiger charge is -2.19. The maximum atomic E-state index is 12.6. The van der Waals surface area contributed by atoms with Gasteiger partial charge in [-0.25, -0.2) is 8.42 Å². The van der Waals surface area contributed by atoms with E-state index in [1.807, 2.05) is 0 Å². The predicted octanol–water partition coefficient (Wildman–Crippen LogP) is 2.73. The summed E-state index contributed by atoms with van der Waals surface area (Å²) in [7, 11) is -3.75. The second kappa shape index (κ2) is 8.28. The molecule has 0 saturated carbocycles. The zero-order valence-corrected chi connectivity index (χ0v) is 16.0. The van der Waals surface area contributed by atoms with Gasteiger partial charge in [0.15, 0.2) is 16.6 Å². The van der Waals surface area contributed by atoms with E-state index in [1.54, 1.807) is 36.4 Å². The monoisotopic (exact) mass is 405 g/mol. The molecule has 0 unspecified atom stereocenters. The van der Waals surface area contributed by atoms with Crippen molar-refractivity contribution in [1.29, 1.82) is 0 Å². The summed E-state index contributed by atoms with van der Waals surface area (Å²) in [4.78, 5) is 0.101. The molecule has 0 spiro atoms.